The molecule has 0 spiro atoms. The number of hydrogen-bond acceptors (Lipinski definition) is 4. The normalized spacial score (nSPS) is 10.2. The van der Waals surface area contributed by atoms with Gasteiger partial charge in [-0.25, -0.2) is 9.37 Å². The Balaban J connectivity index is 2.55. The Morgan fingerprint density at radius 1 is 1.33 bits per heavy atom. The van der Waals surface area contributed by atoms with E-state index in [9.17, 15) is 14.0 Å². The molecule has 0 saturated carbocycles. The highest BCUT2D eigenvalue weighted by atomic mass is 19.1. The van der Waals surface area contributed by atoms with Crippen molar-refractivity contribution in [1.82, 2.24) is 10.3 Å². The topological polar surface area (TPSA) is 97.1 Å². The van der Waals surface area contributed by atoms with E-state index in [1.54, 1.807) is 0 Å². The summed E-state index contributed by atoms with van der Waals surface area (Å²) >= 11 is 0. The molecule has 0 radical (unpaired) electrons. The molecule has 0 bridgehead atoms. The van der Waals surface area contributed by atoms with Gasteiger partial charge in [-0.05, 0) is 25.3 Å². The van der Waals surface area contributed by atoms with Gasteiger partial charge in [-0.1, -0.05) is 6.92 Å². The van der Waals surface area contributed by atoms with Crippen molar-refractivity contribution in [3.05, 3.63) is 23.6 Å². The van der Waals surface area contributed by atoms with Crippen LogP contribution in [0.25, 0.3) is 0 Å². The van der Waals surface area contributed by atoms with Crippen molar-refractivity contribution in [2.45, 2.75) is 32.6 Å². The van der Waals surface area contributed by atoms with Gasteiger partial charge in [-0.3, -0.25) is 9.59 Å². The lowest BCUT2D eigenvalue weighted by molar-refractivity contribution is -0.118. The smallest absolute Gasteiger partial charge is 0.255 e. The van der Waals surface area contributed by atoms with Gasteiger partial charge in [0, 0.05) is 19.5 Å². The van der Waals surface area contributed by atoms with E-state index in [0.29, 0.717) is 38.2 Å². The molecule has 1 aromatic heterocycles. The first kappa shape index (κ1) is 16.9. The molecule has 0 saturated heterocycles. The fourth-order valence-electron chi connectivity index (χ4n) is 1.72. The SMILES string of the molecule is CCCNc1ncc(F)cc1C(=O)NCCCCC(N)=O. The number of halogens is 1. The Kier molecular flexibility index (Phi) is 7.14. The van der Waals surface area contributed by atoms with Crippen LogP contribution in [-0.2, 0) is 4.79 Å². The fourth-order valence-corrected chi connectivity index (χ4v) is 1.72. The summed E-state index contributed by atoms with van der Waals surface area (Å²) in [5.74, 6) is -0.940. The molecule has 1 rings (SSSR count). The number of unbranched alkanes of at least 4 members (excludes halogenated alkanes) is 1. The molecule has 0 fully saturated rings. The molecular weight excluding hydrogens is 275 g/mol. The standard InChI is InChI=1S/C14H21FN4O2/c1-2-6-17-13-11(8-10(15)9-19-13)14(21)18-7-4-3-5-12(16)20/h8-9H,2-7H2,1H3,(H2,16,20)(H,17,19)(H,18,21). The van der Waals surface area contributed by atoms with E-state index >= 15 is 0 Å². The minimum Gasteiger partial charge on any atom is -0.370 e. The maximum absolute atomic E-state index is 13.2. The maximum atomic E-state index is 13.2. The molecule has 4 N–H and O–H groups in total. The molecule has 0 aliphatic rings. The summed E-state index contributed by atoms with van der Waals surface area (Å²) in [4.78, 5) is 26.5. The van der Waals surface area contributed by atoms with Gasteiger partial charge in [0.05, 0.1) is 11.8 Å². The van der Waals surface area contributed by atoms with Crippen LogP contribution in [0.4, 0.5) is 10.2 Å². The molecular formula is C14H21FN4O2. The van der Waals surface area contributed by atoms with Crippen LogP contribution in [0.5, 0.6) is 0 Å². The second-order valence-corrected chi connectivity index (χ2v) is 4.66. The molecule has 0 aliphatic carbocycles. The molecule has 6 nitrogen and oxygen atoms in total. The number of nitrogens with two attached hydrogens (primary N) is 1. The van der Waals surface area contributed by atoms with Crippen molar-refractivity contribution < 1.29 is 14.0 Å². The van der Waals surface area contributed by atoms with Crippen molar-refractivity contribution in [2.75, 3.05) is 18.4 Å². The summed E-state index contributed by atoms with van der Waals surface area (Å²) in [6, 6.07) is 1.16. The third kappa shape index (κ3) is 6.20. The molecule has 0 atom stereocenters. The van der Waals surface area contributed by atoms with Crippen LogP contribution in [0.15, 0.2) is 12.3 Å². The van der Waals surface area contributed by atoms with Crippen LogP contribution in [0.1, 0.15) is 43.0 Å². The molecule has 0 unspecified atom stereocenters. The molecule has 0 aromatic carbocycles. The van der Waals surface area contributed by atoms with Crippen LogP contribution >= 0.6 is 0 Å². The van der Waals surface area contributed by atoms with E-state index in [1.807, 2.05) is 6.92 Å². The number of primary amides is 1. The number of pyridine rings is 1. The zero-order chi connectivity index (χ0) is 15.7. The summed E-state index contributed by atoms with van der Waals surface area (Å²) in [5.41, 5.74) is 5.20. The first-order valence-electron chi connectivity index (χ1n) is 7.00. The highest BCUT2D eigenvalue weighted by molar-refractivity contribution is 5.98. The summed E-state index contributed by atoms with van der Waals surface area (Å²) < 4.78 is 13.2. The van der Waals surface area contributed by atoms with Gasteiger partial charge in [-0.15, -0.1) is 0 Å². The van der Waals surface area contributed by atoms with Crippen LogP contribution in [0.3, 0.4) is 0 Å². The van der Waals surface area contributed by atoms with E-state index in [2.05, 4.69) is 15.6 Å². The number of nitrogens with one attached hydrogen (secondary N) is 2. The molecule has 7 heteroatoms. The third-order valence-corrected chi connectivity index (χ3v) is 2.78. The number of anilines is 1. The Bertz CT molecular complexity index is 494. The second-order valence-electron chi connectivity index (χ2n) is 4.66. The first-order chi connectivity index (χ1) is 10.0. The Morgan fingerprint density at radius 3 is 2.76 bits per heavy atom. The number of aromatic nitrogens is 1. The molecule has 21 heavy (non-hydrogen) atoms. The molecule has 116 valence electrons. The van der Waals surface area contributed by atoms with Gasteiger partial charge in [0.2, 0.25) is 5.91 Å². The van der Waals surface area contributed by atoms with Crippen LogP contribution in [0.2, 0.25) is 0 Å². The van der Waals surface area contributed by atoms with Crippen molar-refractivity contribution in [3.8, 4) is 0 Å². The van der Waals surface area contributed by atoms with Crippen LogP contribution < -0.4 is 16.4 Å². The van der Waals surface area contributed by atoms with E-state index < -0.39 is 5.82 Å². The molecule has 1 aromatic rings. The number of rotatable bonds is 9. The largest absolute Gasteiger partial charge is 0.370 e. The predicted molar refractivity (Wildman–Crippen MR) is 78.4 cm³/mol. The Hall–Kier alpha value is -2.18. The number of carbonyl (C=O) groups is 2. The minimum atomic E-state index is -0.559. The highest BCUT2D eigenvalue weighted by Gasteiger charge is 2.13. The first-order valence-corrected chi connectivity index (χ1v) is 7.00. The van der Waals surface area contributed by atoms with Gasteiger partial charge < -0.3 is 16.4 Å². The number of carbonyl (C=O) groups excluding carboxylic acids is 2. The number of amides is 2. The molecule has 2 amide bonds. The summed E-state index contributed by atoms with van der Waals surface area (Å²) in [5, 5.41) is 5.67. The average molecular weight is 296 g/mol. The summed E-state index contributed by atoms with van der Waals surface area (Å²) in [6.45, 7) is 3.03. The van der Waals surface area contributed by atoms with E-state index in [0.717, 1.165) is 18.7 Å². The molecule has 0 aliphatic heterocycles. The van der Waals surface area contributed by atoms with Crippen molar-refractivity contribution >= 4 is 17.6 Å². The Labute approximate surface area is 123 Å². The quantitative estimate of drug-likeness (QED) is 0.600. The minimum absolute atomic E-state index is 0.179. The average Bonchev–Trinajstić information content (AvgIpc) is 2.45. The van der Waals surface area contributed by atoms with Gasteiger partial charge in [0.25, 0.3) is 5.91 Å². The van der Waals surface area contributed by atoms with Crippen molar-refractivity contribution in [2.24, 2.45) is 5.73 Å². The van der Waals surface area contributed by atoms with E-state index in [1.165, 1.54) is 0 Å². The van der Waals surface area contributed by atoms with Gasteiger partial charge in [0.15, 0.2) is 0 Å². The number of nitrogens with zero attached hydrogens (tertiary/aromatic N) is 1. The lowest BCUT2D eigenvalue weighted by Gasteiger charge is -2.10. The van der Waals surface area contributed by atoms with Crippen molar-refractivity contribution in [1.29, 1.82) is 0 Å². The van der Waals surface area contributed by atoms with E-state index in [4.69, 9.17) is 5.73 Å². The van der Waals surface area contributed by atoms with E-state index in [-0.39, 0.29) is 17.4 Å². The summed E-state index contributed by atoms with van der Waals surface area (Å²) in [7, 11) is 0. The van der Waals surface area contributed by atoms with Crippen molar-refractivity contribution in [3.63, 3.8) is 0 Å². The second kappa shape index (κ2) is 8.89. The van der Waals surface area contributed by atoms with Gasteiger partial charge >= 0.3 is 0 Å². The monoisotopic (exact) mass is 296 g/mol. The predicted octanol–water partition coefficient (Wildman–Crippen LogP) is 1.43. The third-order valence-electron chi connectivity index (χ3n) is 2.78. The maximum Gasteiger partial charge on any atom is 0.255 e. The Morgan fingerprint density at radius 2 is 2.10 bits per heavy atom. The highest BCUT2D eigenvalue weighted by Crippen LogP contribution is 2.13. The van der Waals surface area contributed by atoms with Crippen LogP contribution in [0, 0.1) is 5.82 Å². The van der Waals surface area contributed by atoms with Gasteiger partial charge in [0.1, 0.15) is 11.6 Å². The fraction of sp³-hybridized carbons (Fsp3) is 0.500. The zero-order valence-electron chi connectivity index (χ0n) is 12.1. The lowest BCUT2D eigenvalue weighted by Crippen LogP contribution is -2.26. The molecule has 1 heterocycles. The zero-order valence-corrected chi connectivity index (χ0v) is 12.1. The van der Waals surface area contributed by atoms with Crippen LogP contribution in [-0.4, -0.2) is 29.9 Å². The van der Waals surface area contributed by atoms with Gasteiger partial charge in [-0.2, -0.15) is 0 Å². The summed E-state index contributed by atoms with van der Waals surface area (Å²) in [6.07, 6.45) is 3.47. The lowest BCUT2D eigenvalue weighted by atomic mass is 10.2. The number of hydrogen-bond donors (Lipinski definition) is 3.